The van der Waals surface area contributed by atoms with E-state index in [9.17, 15) is 4.79 Å². The van der Waals surface area contributed by atoms with Crippen LogP contribution in [0, 0.1) is 11.3 Å². The second-order valence-corrected chi connectivity index (χ2v) is 3.40. The second kappa shape index (κ2) is 4.93. The van der Waals surface area contributed by atoms with Crippen molar-refractivity contribution in [3.05, 3.63) is 47.8 Å². The summed E-state index contributed by atoms with van der Waals surface area (Å²) in [6.45, 7) is 0. The van der Waals surface area contributed by atoms with E-state index in [1.807, 2.05) is 30.3 Å². The monoisotopic (exact) mass is 240 g/mol. The molecule has 0 fully saturated rings. The molecule has 6 nitrogen and oxygen atoms in total. The van der Waals surface area contributed by atoms with E-state index in [0.29, 0.717) is 5.69 Å². The fourth-order valence-corrected chi connectivity index (χ4v) is 1.34. The van der Waals surface area contributed by atoms with Gasteiger partial charge in [-0.2, -0.15) is 5.26 Å². The average molecular weight is 240 g/mol. The summed E-state index contributed by atoms with van der Waals surface area (Å²) in [7, 11) is 0. The molecule has 0 bridgehead atoms. The minimum absolute atomic E-state index is 0.317. The Morgan fingerprint density at radius 3 is 2.72 bits per heavy atom. The Morgan fingerprint density at radius 1 is 1.39 bits per heavy atom. The topological polar surface area (TPSA) is 91.8 Å². The Balaban J connectivity index is 2.33. The quantitative estimate of drug-likeness (QED) is 0.644. The van der Waals surface area contributed by atoms with Gasteiger partial charge in [0.05, 0.1) is 11.9 Å². The second-order valence-electron chi connectivity index (χ2n) is 3.40. The number of carbonyl (C=O) groups is 1. The van der Waals surface area contributed by atoms with E-state index in [1.165, 1.54) is 10.8 Å². The standard InChI is InChI=1S/C12H8N4O2/c13-7-9(12(17)18)6-10-8-16(15-14-10)11-4-2-1-3-5-11/h1-6,8H,(H,17,18). The normalized spacial score (nSPS) is 10.9. The molecule has 1 aromatic carbocycles. The fourth-order valence-electron chi connectivity index (χ4n) is 1.34. The molecule has 0 amide bonds. The summed E-state index contributed by atoms with van der Waals surface area (Å²) >= 11 is 0. The molecular formula is C12H8N4O2. The Kier molecular flexibility index (Phi) is 3.16. The van der Waals surface area contributed by atoms with Crippen molar-refractivity contribution in [3.8, 4) is 11.8 Å². The molecule has 0 aliphatic heterocycles. The SMILES string of the molecule is N#CC(=Cc1cn(-c2ccccc2)nn1)C(=O)O. The van der Waals surface area contributed by atoms with Crippen LogP contribution in [0.1, 0.15) is 5.69 Å². The third kappa shape index (κ3) is 2.41. The van der Waals surface area contributed by atoms with Gasteiger partial charge in [-0.15, -0.1) is 5.10 Å². The van der Waals surface area contributed by atoms with Crippen molar-refractivity contribution in [1.82, 2.24) is 15.0 Å². The van der Waals surface area contributed by atoms with Gasteiger partial charge < -0.3 is 5.11 Å². The smallest absolute Gasteiger partial charge is 0.346 e. The van der Waals surface area contributed by atoms with E-state index < -0.39 is 5.97 Å². The molecule has 0 radical (unpaired) electrons. The van der Waals surface area contributed by atoms with E-state index in [0.717, 1.165) is 5.69 Å². The summed E-state index contributed by atoms with van der Waals surface area (Å²) in [4.78, 5) is 10.7. The zero-order chi connectivity index (χ0) is 13.0. The minimum atomic E-state index is -1.29. The number of carboxylic acids is 1. The van der Waals surface area contributed by atoms with Gasteiger partial charge in [0.2, 0.25) is 0 Å². The summed E-state index contributed by atoms with van der Waals surface area (Å²) in [6.07, 6.45) is 2.73. The number of hydrogen-bond donors (Lipinski definition) is 1. The number of aliphatic carboxylic acids is 1. The van der Waals surface area contributed by atoms with Crippen LogP contribution in [-0.4, -0.2) is 26.1 Å². The Morgan fingerprint density at radius 2 is 2.11 bits per heavy atom. The van der Waals surface area contributed by atoms with Gasteiger partial charge in [-0.05, 0) is 18.2 Å². The molecule has 0 aliphatic rings. The van der Waals surface area contributed by atoms with Gasteiger partial charge in [-0.3, -0.25) is 0 Å². The maximum atomic E-state index is 10.7. The highest BCUT2D eigenvalue weighted by atomic mass is 16.4. The van der Waals surface area contributed by atoms with E-state index >= 15 is 0 Å². The first-order valence-electron chi connectivity index (χ1n) is 5.03. The van der Waals surface area contributed by atoms with Gasteiger partial charge in [0.1, 0.15) is 17.3 Å². The molecule has 2 rings (SSSR count). The number of rotatable bonds is 3. The molecule has 0 atom stereocenters. The van der Waals surface area contributed by atoms with Crippen LogP contribution in [0.5, 0.6) is 0 Å². The van der Waals surface area contributed by atoms with Gasteiger partial charge in [0, 0.05) is 0 Å². The summed E-state index contributed by atoms with van der Waals surface area (Å²) in [5.74, 6) is -1.29. The van der Waals surface area contributed by atoms with Gasteiger partial charge in [0.25, 0.3) is 0 Å². The van der Waals surface area contributed by atoms with E-state index in [-0.39, 0.29) is 5.57 Å². The zero-order valence-electron chi connectivity index (χ0n) is 9.19. The van der Waals surface area contributed by atoms with Crippen molar-refractivity contribution in [1.29, 1.82) is 5.26 Å². The van der Waals surface area contributed by atoms with Crippen LogP contribution < -0.4 is 0 Å². The van der Waals surface area contributed by atoms with E-state index in [4.69, 9.17) is 10.4 Å². The zero-order valence-corrected chi connectivity index (χ0v) is 9.19. The van der Waals surface area contributed by atoms with Gasteiger partial charge >= 0.3 is 5.97 Å². The summed E-state index contributed by atoms with van der Waals surface area (Å²) in [5, 5.41) is 25.0. The third-order valence-corrected chi connectivity index (χ3v) is 2.17. The molecule has 0 saturated carbocycles. The first kappa shape index (κ1) is 11.5. The van der Waals surface area contributed by atoms with Crippen LogP contribution in [0.4, 0.5) is 0 Å². The number of para-hydroxylation sites is 1. The van der Waals surface area contributed by atoms with Crippen LogP contribution in [0.2, 0.25) is 0 Å². The molecule has 1 N–H and O–H groups in total. The van der Waals surface area contributed by atoms with Crippen LogP contribution >= 0.6 is 0 Å². The highest BCUT2D eigenvalue weighted by Gasteiger charge is 2.08. The minimum Gasteiger partial charge on any atom is -0.477 e. The van der Waals surface area contributed by atoms with Crippen LogP contribution in [0.15, 0.2) is 42.1 Å². The molecule has 1 heterocycles. The maximum Gasteiger partial charge on any atom is 0.346 e. The van der Waals surface area contributed by atoms with Crippen molar-refractivity contribution in [3.63, 3.8) is 0 Å². The average Bonchev–Trinajstić information content (AvgIpc) is 2.85. The summed E-state index contributed by atoms with van der Waals surface area (Å²) in [6, 6.07) is 10.8. The number of nitrogens with zero attached hydrogens (tertiary/aromatic N) is 4. The van der Waals surface area contributed by atoms with Crippen LogP contribution in [-0.2, 0) is 4.79 Å². The molecule has 2 aromatic rings. The highest BCUT2D eigenvalue weighted by Crippen LogP contribution is 2.08. The number of benzene rings is 1. The summed E-state index contributed by atoms with van der Waals surface area (Å²) < 4.78 is 1.50. The van der Waals surface area contributed by atoms with Crippen molar-refractivity contribution >= 4 is 12.0 Å². The highest BCUT2D eigenvalue weighted by molar-refractivity contribution is 5.96. The predicted octanol–water partition coefficient (Wildman–Crippen LogP) is 1.26. The first-order chi connectivity index (χ1) is 8.70. The van der Waals surface area contributed by atoms with Crippen molar-refractivity contribution in [2.24, 2.45) is 0 Å². The Bertz CT molecular complexity index is 638. The maximum absolute atomic E-state index is 10.7. The van der Waals surface area contributed by atoms with Gasteiger partial charge in [0.15, 0.2) is 0 Å². The lowest BCUT2D eigenvalue weighted by molar-refractivity contribution is -0.132. The lowest BCUT2D eigenvalue weighted by Crippen LogP contribution is -1.97. The summed E-state index contributed by atoms with van der Waals surface area (Å²) in [5.41, 5.74) is 0.742. The molecule has 0 unspecified atom stereocenters. The molecule has 18 heavy (non-hydrogen) atoms. The fraction of sp³-hybridized carbons (Fsp3) is 0. The van der Waals surface area contributed by atoms with Crippen LogP contribution in [0.25, 0.3) is 11.8 Å². The lowest BCUT2D eigenvalue weighted by Gasteiger charge is -1.96. The van der Waals surface area contributed by atoms with Gasteiger partial charge in [-0.1, -0.05) is 23.4 Å². The molecule has 88 valence electrons. The Labute approximate surface area is 102 Å². The predicted molar refractivity (Wildman–Crippen MR) is 62.6 cm³/mol. The van der Waals surface area contributed by atoms with Crippen LogP contribution in [0.3, 0.4) is 0 Å². The Hall–Kier alpha value is -2.94. The largest absolute Gasteiger partial charge is 0.477 e. The lowest BCUT2D eigenvalue weighted by atomic mass is 10.2. The first-order valence-corrected chi connectivity index (χ1v) is 5.03. The number of nitriles is 1. The van der Waals surface area contributed by atoms with Crippen molar-refractivity contribution < 1.29 is 9.90 Å². The molecule has 0 aliphatic carbocycles. The van der Waals surface area contributed by atoms with Gasteiger partial charge in [-0.25, -0.2) is 9.48 Å². The molecule has 6 heteroatoms. The van der Waals surface area contributed by atoms with Crippen molar-refractivity contribution in [2.75, 3.05) is 0 Å². The molecular weight excluding hydrogens is 232 g/mol. The third-order valence-electron chi connectivity index (χ3n) is 2.17. The van der Waals surface area contributed by atoms with E-state index in [1.54, 1.807) is 12.3 Å². The molecule has 1 aromatic heterocycles. The van der Waals surface area contributed by atoms with E-state index in [2.05, 4.69) is 10.3 Å². The van der Waals surface area contributed by atoms with Crippen molar-refractivity contribution in [2.45, 2.75) is 0 Å². The number of aromatic nitrogens is 3. The molecule has 0 spiro atoms. The number of hydrogen-bond acceptors (Lipinski definition) is 4. The molecule has 0 saturated heterocycles. The number of carboxylic acid groups (broad SMARTS) is 1.